The summed E-state index contributed by atoms with van der Waals surface area (Å²) in [7, 11) is 1.89. The third kappa shape index (κ3) is 4.10. The van der Waals surface area contributed by atoms with Gasteiger partial charge in [-0.2, -0.15) is 0 Å². The molecule has 4 fully saturated rings. The van der Waals surface area contributed by atoms with E-state index < -0.39 is 0 Å². The third-order valence-corrected chi connectivity index (χ3v) is 8.24. The predicted octanol–water partition coefficient (Wildman–Crippen LogP) is 3.68. The van der Waals surface area contributed by atoms with Gasteiger partial charge in [-0.25, -0.2) is 4.79 Å². The van der Waals surface area contributed by atoms with Gasteiger partial charge < -0.3 is 9.88 Å². The van der Waals surface area contributed by atoms with Crippen LogP contribution in [0, 0.1) is 24.7 Å². The van der Waals surface area contributed by atoms with E-state index in [1.165, 1.54) is 31.0 Å². The molecule has 4 saturated carbocycles. The Morgan fingerprint density at radius 1 is 1.10 bits per heavy atom. The van der Waals surface area contributed by atoms with Crippen LogP contribution in [-0.2, 0) is 11.8 Å². The summed E-state index contributed by atoms with van der Waals surface area (Å²) in [6, 6.07) is 7.65. The third-order valence-electron chi connectivity index (χ3n) is 7.22. The summed E-state index contributed by atoms with van der Waals surface area (Å²) < 4.78 is 1.88. The van der Waals surface area contributed by atoms with E-state index in [0.29, 0.717) is 5.16 Å². The fraction of sp³-hybridized carbons (Fsp3) is 0.565. The highest BCUT2D eigenvalue weighted by Gasteiger charge is 2.51. The summed E-state index contributed by atoms with van der Waals surface area (Å²) in [6.07, 6.45) is 7.16. The lowest BCUT2D eigenvalue weighted by molar-refractivity contribution is -0.117. The summed E-state index contributed by atoms with van der Waals surface area (Å²) in [5.74, 6) is 2.81. The number of nitrogens with one attached hydrogen (secondary N) is 2. The summed E-state index contributed by atoms with van der Waals surface area (Å²) in [5.41, 5.74) is 2.04. The molecule has 164 valence electrons. The molecule has 0 saturated heterocycles. The molecule has 7 nitrogen and oxygen atoms in total. The molecular formula is C23H29N5O2S. The molecule has 1 aromatic heterocycles. The number of hydrogen-bond donors (Lipinski definition) is 2. The fourth-order valence-corrected chi connectivity index (χ4v) is 7.04. The van der Waals surface area contributed by atoms with Crippen molar-refractivity contribution in [2.45, 2.75) is 56.1 Å². The van der Waals surface area contributed by atoms with Crippen molar-refractivity contribution in [3.63, 3.8) is 0 Å². The fourth-order valence-electron chi connectivity index (χ4n) is 6.33. The van der Waals surface area contributed by atoms with Crippen molar-refractivity contribution in [3.05, 3.63) is 29.8 Å². The van der Waals surface area contributed by atoms with Gasteiger partial charge in [0, 0.05) is 18.2 Å². The first-order chi connectivity index (χ1) is 14.9. The van der Waals surface area contributed by atoms with Crippen LogP contribution in [-0.4, -0.2) is 38.0 Å². The largest absolute Gasteiger partial charge is 0.332 e. The van der Waals surface area contributed by atoms with Gasteiger partial charge in [0.25, 0.3) is 0 Å². The van der Waals surface area contributed by atoms with Crippen molar-refractivity contribution in [1.29, 1.82) is 0 Å². The zero-order chi connectivity index (χ0) is 21.6. The molecule has 0 atom stereocenters. The Kier molecular flexibility index (Phi) is 5.28. The van der Waals surface area contributed by atoms with Gasteiger partial charge in [0.2, 0.25) is 5.91 Å². The first kappa shape index (κ1) is 20.5. The van der Waals surface area contributed by atoms with E-state index in [2.05, 4.69) is 20.8 Å². The number of imide groups is 1. The Morgan fingerprint density at radius 3 is 2.39 bits per heavy atom. The van der Waals surface area contributed by atoms with Crippen molar-refractivity contribution in [2.75, 3.05) is 5.75 Å². The standard InChI is InChI=1S/C23H29N5O2S/c1-14-5-3-4-6-18(14)20-26-27-22(28(20)2)31-13-19(29)24-21(30)25-23-10-15-7-16(11-23)9-17(8-15)12-23/h3-6,15-17H,7-13H2,1-2H3,(H2,24,25,29,30). The molecule has 6 rings (SSSR count). The topological polar surface area (TPSA) is 88.9 Å². The maximum absolute atomic E-state index is 12.6. The van der Waals surface area contributed by atoms with E-state index >= 15 is 0 Å². The number of aryl methyl sites for hydroxylation is 1. The normalized spacial score (nSPS) is 28.5. The number of thioether (sulfide) groups is 1. The first-order valence-electron chi connectivity index (χ1n) is 11.1. The Balaban J connectivity index is 1.16. The lowest BCUT2D eigenvalue weighted by Gasteiger charge is -2.56. The molecule has 4 aliphatic carbocycles. The number of hydrogen-bond acceptors (Lipinski definition) is 5. The lowest BCUT2D eigenvalue weighted by atomic mass is 9.53. The lowest BCUT2D eigenvalue weighted by Crippen LogP contribution is -2.61. The van der Waals surface area contributed by atoms with Crippen LogP contribution in [0.25, 0.3) is 11.4 Å². The maximum Gasteiger partial charge on any atom is 0.321 e. The molecule has 0 unspecified atom stereocenters. The van der Waals surface area contributed by atoms with Crippen molar-refractivity contribution in [1.82, 2.24) is 25.4 Å². The molecule has 1 heterocycles. The molecular weight excluding hydrogens is 410 g/mol. The molecule has 2 N–H and O–H groups in total. The van der Waals surface area contributed by atoms with Crippen LogP contribution in [0.2, 0.25) is 0 Å². The van der Waals surface area contributed by atoms with E-state index in [9.17, 15) is 9.59 Å². The van der Waals surface area contributed by atoms with Crippen LogP contribution in [0.4, 0.5) is 4.79 Å². The van der Waals surface area contributed by atoms with Gasteiger partial charge in [-0.15, -0.1) is 10.2 Å². The smallest absolute Gasteiger partial charge is 0.321 e. The van der Waals surface area contributed by atoms with E-state index in [-0.39, 0.29) is 23.2 Å². The molecule has 4 aliphatic rings. The monoisotopic (exact) mass is 439 g/mol. The molecule has 3 amide bonds. The SMILES string of the molecule is Cc1ccccc1-c1nnc(SCC(=O)NC(=O)NC23CC4CC(CC(C4)C2)C3)n1C. The molecule has 4 bridgehead atoms. The number of urea groups is 1. The maximum atomic E-state index is 12.6. The average molecular weight is 440 g/mol. The van der Waals surface area contributed by atoms with Crippen molar-refractivity contribution in [3.8, 4) is 11.4 Å². The molecule has 0 spiro atoms. The van der Waals surface area contributed by atoms with Crippen LogP contribution < -0.4 is 10.6 Å². The quantitative estimate of drug-likeness (QED) is 0.694. The van der Waals surface area contributed by atoms with Gasteiger partial charge >= 0.3 is 6.03 Å². The zero-order valence-corrected chi connectivity index (χ0v) is 18.9. The number of aromatic nitrogens is 3. The highest BCUT2D eigenvalue weighted by molar-refractivity contribution is 7.99. The Morgan fingerprint density at radius 2 is 1.74 bits per heavy atom. The van der Waals surface area contributed by atoms with E-state index in [0.717, 1.165) is 54.0 Å². The van der Waals surface area contributed by atoms with Crippen LogP contribution >= 0.6 is 11.8 Å². The number of nitrogens with zero attached hydrogens (tertiary/aromatic N) is 3. The summed E-state index contributed by atoms with van der Waals surface area (Å²) >= 11 is 1.29. The Bertz CT molecular complexity index is 982. The molecule has 31 heavy (non-hydrogen) atoms. The van der Waals surface area contributed by atoms with Crippen LogP contribution in [0.5, 0.6) is 0 Å². The number of benzene rings is 1. The van der Waals surface area contributed by atoms with Gasteiger partial charge in [0.15, 0.2) is 11.0 Å². The zero-order valence-electron chi connectivity index (χ0n) is 18.1. The minimum Gasteiger partial charge on any atom is -0.332 e. The van der Waals surface area contributed by atoms with Crippen LogP contribution in [0.3, 0.4) is 0 Å². The van der Waals surface area contributed by atoms with Gasteiger partial charge in [0.1, 0.15) is 0 Å². The van der Waals surface area contributed by atoms with Gasteiger partial charge in [-0.1, -0.05) is 36.0 Å². The molecule has 2 aromatic rings. The minimum absolute atomic E-state index is 0.0989. The number of carbonyl (C=O) groups excluding carboxylic acids is 2. The van der Waals surface area contributed by atoms with E-state index in [1.807, 2.05) is 42.8 Å². The van der Waals surface area contributed by atoms with Gasteiger partial charge in [0.05, 0.1) is 5.75 Å². The van der Waals surface area contributed by atoms with Gasteiger partial charge in [-0.05, 0) is 68.8 Å². The molecule has 1 aromatic carbocycles. The second kappa shape index (κ2) is 7.97. The predicted molar refractivity (Wildman–Crippen MR) is 119 cm³/mol. The Labute approximate surface area is 186 Å². The minimum atomic E-state index is -0.355. The first-order valence-corrected chi connectivity index (χ1v) is 12.1. The summed E-state index contributed by atoms with van der Waals surface area (Å²) in [4.78, 5) is 25.0. The number of amides is 3. The van der Waals surface area contributed by atoms with Crippen molar-refractivity contribution in [2.24, 2.45) is 24.8 Å². The van der Waals surface area contributed by atoms with Crippen LogP contribution in [0.1, 0.15) is 44.1 Å². The molecule has 8 heteroatoms. The van der Waals surface area contributed by atoms with Crippen molar-refractivity contribution >= 4 is 23.7 Å². The van der Waals surface area contributed by atoms with Gasteiger partial charge in [-0.3, -0.25) is 10.1 Å². The van der Waals surface area contributed by atoms with E-state index in [1.54, 1.807) is 0 Å². The second-order valence-electron chi connectivity index (χ2n) is 9.67. The highest BCUT2D eigenvalue weighted by Crippen LogP contribution is 2.55. The number of carbonyl (C=O) groups is 2. The Hall–Kier alpha value is -2.35. The van der Waals surface area contributed by atoms with E-state index in [4.69, 9.17) is 0 Å². The summed E-state index contributed by atoms with van der Waals surface area (Å²) in [5, 5.41) is 14.9. The molecule has 0 aliphatic heterocycles. The number of rotatable bonds is 5. The van der Waals surface area contributed by atoms with Crippen LogP contribution in [0.15, 0.2) is 29.4 Å². The highest BCUT2D eigenvalue weighted by atomic mass is 32.2. The summed E-state index contributed by atoms with van der Waals surface area (Å²) in [6.45, 7) is 2.03. The molecule has 0 radical (unpaired) electrons. The van der Waals surface area contributed by atoms with Crippen molar-refractivity contribution < 1.29 is 9.59 Å². The average Bonchev–Trinajstić information content (AvgIpc) is 3.05. The second-order valence-corrected chi connectivity index (χ2v) is 10.6.